The Bertz CT molecular complexity index is 893. The largest absolute Gasteiger partial charge is 0.496 e. The summed E-state index contributed by atoms with van der Waals surface area (Å²) in [6.45, 7) is 3.04. The van der Waals surface area contributed by atoms with Crippen LogP contribution in [0.25, 0.3) is 0 Å². The molecule has 0 aliphatic heterocycles. The van der Waals surface area contributed by atoms with Gasteiger partial charge in [-0.2, -0.15) is 0 Å². The third kappa shape index (κ3) is 5.04. The normalized spacial score (nSPS) is 10.3. The molecule has 0 radical (unpaired) electrons. The lowest BCUT2D eigenvalue weighted by molar-refractivity contribution is 0.0945. The number of para-hydroxylation sites is 1. The van der Waals surface area contributed by atoms with Gasteiger partial charge in [0.2, 0.25) is 0 Å². The summed E-state index contributed by atoms with van der Waals surface area (Å²) in [6, 6.07) is 15.8. The summed E-state index contributed by atoms with van der Waals surface area (Å²) in [7, 11) is 1.64. The highest BCUT2D eigenvalue weighted by Gasteiger charge is 2.08. The predicted molar refractivity (Wildman–Crippen MR) is 105 cm³/mol. The zero-order valence-corrected chi connectivity index (χ0v) is 15.4. The van der Waals surface area contributed by atoms with Crippen molar-refractivity contribution in [1.29, 1.82) is 0 Å². The molecule has 6 heteroatoms. The molecule has 0 atom stereocenters. The Hall–Kier alpha value is -3.41. The van der Waals surface area contributed by atoms with Gasteiger partial charge in [0, 0.05) is 18.7 Å². The van der Waals surface area contributed by atoms with Crippen LogP contribution < -0.4 is 15.4 Å². The summed E-state index contributed by atoms with van der Waals surface area (Å²) in [5, 5.41) is 6.03. The van der Waals surface area contributed by atoms with Crippen LogP contribution >= 0.6 is 0 Å². The maximum absolute atomic E-state index is 12.2. The number of benzene rings is 2. The summed E-state index contributed by atoms with van der Waals surface area (Å²) < 4.78 is 5.33. The van der Waals surface area contributed by atoms with E-state index in [1.807, 2.05) is 55.5 Å². The zero-order valence-electron chi connectivity index (χ0n) is 15.4. The Morgan fingerprint density at radius 1 is 1.00 bits per heavy atom. The molecule has 0 aliphatic carbocycles. The summed E-state index contributed by atoms with van der Waals surface area (Å²) in [6.07, 6.45) is 3.02. The molecule has 6 nitrogen and oxygen atoms in total. The topological polar surface area (TPSA) is 76.1 Å². The maximum atomic E-state index is 12.2. The average molecular weight is 362 g/mol. The molecule has 0 saturated carbocycles. The van der Waals surface area contributed by atoms with Crippen LogP contribution in [0, 0.1) is 6.92 Å². The number of aryl methyl sites for hydroxylation is 1. The summed E-state index contributed by atoms with van der Waals surface area (Å²) in [4.78, 5) is 20.7. The van der Waals surface area contributed by atoms with Gasteiger partial charge in [-0.05, 0) is 18.6 Å². The fraction of sp³-hybridized carbons (Fsp3) is 0.190. The first kappa shape index (κ1) is 18.4. The van der Waals surface area contributed by atoms with Gasteiger partial charge in [-0.25, -0.2) is 9.97 Å². The number of hydrogen-bond donors (Lipinski definition) is 2. The van der Waals surface area contributed by atoms with E-state index in [1.165, 1.54) is 11.8 Å². The molecule has 2 aromatic carbocycles. The van der Waals surface area contributed by atoms with Crippen molar-refractivity contribution in [1.82, 2.24) is 15.3 Å². The third-order valence-corrected chi connectivity index (χ3v) is 4.11. The molecule has 1 amide bonds. The number of nitrogens with zero attached hydrogens (tertiary/aromatic N) is 2. The second-order valence-corrected chi connectivity index (χ2v) is 6.12. The number of hydrogen-bond acceptors (Lipinski definition) is 5. The number of methoxy groups -OCH3 is 1. The number of aromatic nitrogens is 2. The van der Waals surface area contributed by atoms with Crippen LogP contribution in [0.3, 0.4) is 0 Å². The van der Waals surface area contributed by atoms with Gasteiger partial charge in [-0.1, -0.05) is 48.0 Å². The van der Waals surface area contributed by atoms with Crippen LogP contribution in [0.2, 0.25) is 0 Å². The molecule has 0 spiro atoms. The zero-order chi connectivity index (χ0) is 19.1. The van der Waals surface area contributed by atoms with Crippen molar-refractivity contribution in [3.8, 4) is 5.75 Å². The number of amides is 1. The van der Waals surface area contributed by atoms with E-state index in [0.717, 1.165) is 16.9 Å². The van der Waals surface area contributed by atoms with E-state index in [1.54, 1.807) is 13.3 Å². The van der Waals surface area contributed by atoms with Gasteiger partial charge >= 0.3 is 0 Å². The Morgan fingerprint density at radius 2 is 1.78 bits per heavy atom. The number of ether oxygens (including phenoxy) is 1. The fourth-order valence-corrected chi connectivity index (χ4v) is 2.55. The van der Waals surface area contributed by atoms with E-state index in [-0.39, 0.29) is 11.6 Å². The van der Waals surface area contributed by atoms with E-state index < -0.39 is 0 Å². The van der Waals surface area contributed by atoms with E-state index in [9.17, 15) is 4.79 Å². The quantitative estimate of drug-likeness (QED) is 0.674. The van der Waals surface area contributed by atoms with Crippen molar-refractivity contribution >= 4 is 11.7 Å². The molecule has 0 bridgehead atoms. The SMILES string of the molecule is COc1ccccc1CNc1cnc(C(=O)NCc2ccc(C)cc2)cn1. The minimum atomic E-state index is -0.251. The second-order valence-electron chi connectivity index (χ2n) is 6.12. The lowest BCUT2D eigenvalue weighted by Crippen LogP contribution is -2.24. The van der Waals surface area contributed by atoms with Gasteiger partial charge in [0.15, 0.2) is 0 Å². The Kier molecular flexibility index (Phi) is 5.99. The van der Waals surface area contributed by atoms with Gasteiger partial charge in [-0.3, -0.25) is 4.79 Å². The number of carbonyl (C=O) groups excluding carboxylic acids is 1. The van der Waals surface area contributed by atoms with Crippen LogP contribution in [-0.4, -0.2) is 23.0 Å². The average Bonchev–Trinajstić information content (AvgIpc) is 2.72. The molecule has 27 heavy (non-hydrogen) atoms. The van der Waals surface area contributed by atoms with Crippen molar-refractivity contribution in [2.75, 3.05) is 12.4 Å². The minimum Gasteiger partial charge on any atom is -0.496 e. The van der Waals surface area contributed by atoms with Crippen molar-refractivity contribution in [3.05, 3.63) is 83.3 Å². The highest BCUT2D eigenvalue weighted by molar-refractivity contribution is 5.91. The van der Waals surface area contributed by atoms with Gasteiger partial charge in [0.25, 0.3) is 5.91 Å². The van der Waals surface area contributed by atoms with Gasteiger partial charge in [0.1, 0.15) is 17.3 Å². The molecular weight excluding hydrogens is 340 g/mol. The molecule has 2 N–H and O–H groups in total. The molecule has 3 aromatic rings. The monoisotopic (exact) mass is 362 g/mol. The molecular formula is C21H22N4O2. The van der Waals surface area contributed by atoms with E-state index in [4.69, 9.17) is 4.74 Å². The van der Waals surface area contributed by atoms with E-state index in [2.05, 4.69) is 20.6 Å². The lowest BCUT2D eigenvalue weighted by Gasteiger charge is -2.10. The molecule has 3 rings (SSSR count). The number of carbonyl (C=O) groups is 1. The minimum absolute atomic E-state index is 0.251. The second kappa shape index (κ2) is 8.80. The first-order valence-corrected chi connectivity index (χ1v) is 8.67. The van der Waals surface area contributed by atoms with Crippen molar-refractivity contribution in [3.63, 3.8) is 0 Å². The van der Waals surface area contributed by atoms with Crippen LogP contribution in [0.15, 0.2) is 60.9 Å². The highest BCUT2D eigenvalue weighted by atomic mass is 16.5. The highest BCUT2D eigenvalue weighted by Crippen LogP contribution is 2.18. The Morgan fingerprint density at radius 3 is 2.48 bits per heavy atom. The summed E-state index contributed by atoms with van der Waals surface area (Å²) in [5.74, 6) is 1.15. The van der Waals surface area contributed by atoms with Crippen LogP contribution in [0.4, 0.5) is 5.82 Å². The lowest BCUT2D eigenvalue weighted by atomic mass is 10.1. The molecule has 1 aromatic heterocycles. The summed E-state index contributed by atoms with van der Waals surface area (Å²) >= 11 is 0. The molecule has 0 saturated heterocycles. The molecule has 138 valence electrons. The number of anilines is 1. The van der Waals surface area contributed by atoms with Crippen LogP contribution in [0.5, 0.6) is 5.75 Å². The first-order valence-electron chi connectivity index (χ1n) is 8.67. The standard InChI is InChI=1S/C21H22N4O2/c1-15-7-9-16(10-8-15)11-25-21(26)18-13-24-20(14-22-18)23-12-17-5-3-4-6-19(17)27-2/h3-10,13-14H,11-12H2,1-2H3,(H,23,24)(H,25,26). The van der Waals surface area contributed by atoms with Crippen LogP contribution in [-0.2, 0) is 13.1 Å². The molecule has 0 fully saturated rings. The first-order chi connectivity index (χ1) is 13.2. The van der Waals surface area contributed by atoms with Crippen LogP contribution in [0.1, 0.15) is 27.2 Å². The van der Waals surface area contributed by atoms with E-state index >= 15 is 0 Å². The van der Waals surface area contributed by atoms with E-state index in [0.29, 0.717) is 18.9 Å². The van der Waals surface area contributed by atoms with Crippen molar-refractivity contribution in [2.45, 2.75) is 20.0 Å². The van der Waals surface area contributed by atoms with Gasteiger partial charge < -0.3 is 15.4 Å². The molecule has 0 unspecified atom stereocenters. The number of rotatable bonds is 7. The van der Waals surface area contributed by atoms with Gasteiger partial charge in [0.05, 0.1) is 19.5 Å². The van der Waals surface area contributed by atoms with Crippen molar-refractivity contribution < 1.29 is 9.53 Å². The Balaban J connectivity index is 1.54. The fourth-order valence-electron chi connectivity index (χ4n) is 2.55. The molecule has 0 aliphatic rings. The number of nitrogens with one attached hydrogen (secondary N) is 2. The Labute approximate surface area is 158 Å². The van der Waals surface area contributed by atoms with Crippen molar-refractivity contribution in [2.24, 2.45) is 0 Å². The maximum Gasteiger partial charge on any atom is 0.271 e. The molecule has 1 heterocycles. The van der Waals surface area contributed by atoms with Gasteiger partial charge in [-0.15, -0.1) is 0 Å². The smallest absolute Gasteiger partial charge is 0.271 e. The predicted octanol–water partition coefficient (Wildman–Crippen LogP) is 3.34. The summed E-state index contributed by atoms with van der Waals surface area (Å²) in [5.41, 5.74) is 3.52. The third-order valence-electron chi connectivity index (χ3n) is 4.11.